The fourth-order valence-corrected chi connectivity index (χ4v) is 2.05. The fourth-order valence-electron chi connectivity index (χ4n) is 2.05. The van der Waals surface area contributed by atoms with Crippen molar-refractivity contribution in [3.05, 3.63) is 58.9 Å². The van der Waals surface area contributed by atoms with Crippen molar-refractivity contribution in [3.63, 3.8) is 0 Å². The summed E-state index contributed by atoms with van der Waals surface area (Å²) in [5, 5.41) is 20.8. The van der Waals surface area contributed by atoms with E-state index in [2.05, 4.69) is 15.5 Å². The molecule has 0 bridgehead atoms. The highest BCUT2D eigenvalue weighted by atomic mass is 16.3. The molecule has 21 heavy (non-hydrogen) atoms. The molecule has 1 unspecified atom stereocenters. The number of hydrogen-bond acceptors (Lipinski definition) is 4. The standard InChI is InChI=1S/C16H19N3O2/c1-3-14-13(9-11(2)18-19-14)16(21)17-10-15(20)12-7-5-4-6-8-12/h4-9,15,20H,3,10H2,1-2H3,(H,17,21). The van der Waals surface area contributed by atoms with E-state index in [-0.39, 0.29) is 12.5 Å². The number of amides is 1. The van der Waals surface area contributed by atoms with Crippen LogP contribution in [-0.4, -0.2) is 27.8 Å². The molecule has 1 heterocycles. The quantitative estimate of drug-likeness (QED) is 0.878. The van der Waals surface area contributed by atoms with Crippen molar-refractivity contribution in [1.82, 2.24) is 15.5 Å². The Morgan fingerprint density at radius 3 is 2.67 bits per heavy atom. The SMILES string of the molecule is CCc1nnc(C)cc1C(=O)NCC(O)c1ccccc1. The molecule has 0 fully saturated rings. The van der Waals surface area contributed by atoms with Crippen LogP contribution in [0.15, 0.2) is 36.4 Å². The highest BCUT2D eigenvalue weighted by Crippen LogP contribution is 2.12. The van der Waals surface area contributed by atoms with E-state index in [1.807, 2.05) is 37.3 Å². The normalized spacial score (nSPS) is 12.0. The van der Waals surface area contributed by atoms with Gasteiger partial charge < -0.3 is 10.4 Å². The van der Waals surface area contributed by atoms with Gasteiger partial charge in [0, 0.05) is 6.54 Å². The molecule has 1 aromatic heterocycles. The van der Waals surface area contributed by atoms with Gasteiger partial charge in [-0.3, -0.25) is 4.79 Å². The van der Waals surface area contributed by atoms with Crippen molar-refractivity contribution in [1.29, 1.82) is 0 Å². The van der Waals surface area contributed by atoms with Gasteiger partial charge in [0.25, 0.3) is 5.91 Å². The summed E-state index contributed by atoms with van der Waals surface area (Å²) >= 11 is 0. The van der Waals surface area contributed by atoms with E-state index in [0.717, 1.165) is 5.56 Å². The third kappa shape index (κ3) is 3.86. The average molecular weight is 285 g/mol. The van der Waals surface area contributed by atoms with Crippen LogP contribution in [0.2, 0.25) is 0 Å². The van der Waals surface area contributed by atoms with Crippen molar-refractivity contribution in [2.75, 3.05) is 6.54 Å². The summed E-state index contributed by atoms with van der Waals surface area (Å²) in [5.41, 5.74) is 2.65. The maximum Gasteiger partial charge on any atom is 0.253 e. The summed E-state index contributed by atoms with van der Waals surface area (Å²) < 4.78 is 0. The average Bonchev–Trinajstić information content (AvgIpc) is 2.53. The highest BCUT2D eigenvalue weighted by molar-refractivity contribution is 5.95. The zero-order valence-corrected chi connectivity index (χ0v) is 12.2. The molecule has 0 aliphatic heterocycles. The van der Waals surface area contributed by atoms with E-state index in [1.54, 1.807) is 13.0 Å². The van der Waals surface area contributed by atoms with E-state index in [4.69, 9.17) is 0 Å². The van der Waals surface area contributed by atoms with Gasteiger partial charge in [-0.1, -0.05) is 37.3 Å². The summed E-state index contributed by atoms with van der Waals surface area (Å²) in [5.74, 6) is -0.236. The minimum Gasteiger partial charge on any atom is -0.387 e. The number of nitrogens with one attached hydrogen (secondary N) is 1. The Morgan fingerprint density at radius 2 is 2.00 bits per heavy atom. The van der Waals surface area contributed by atoms with E-state index < -0.39 is 6.10 Å². The number of aryl methyl sites for hydroxylation is 2. The second-order valence-electron chi connectivity index (χ2n) is 4.84. The van der Waals surface area contributed by atoms with Gasteiger partial charge in [0.15, 0.2) is 0 Å². The molecule has 2 N–H and O–H groups in total. The molecule has 1 atom stereocenters. The van der Waals surface area contributed by atoms with Crippen LogP contribution in [0.3, 0.4) is 0 Å². The number of carbonyl (C=O) groups is 1. The molecule has 1 amide bonds. The lowest BCUT2D eigenvalue weighted by Crippen LogP contribution is -2.29. The Morgan fingerprint density at radius 1 is 1.29 bits per heavy atom. The maximum absolute atomic E-state index is 12.2. The zero-order chi connectivity index (χ0) is 15.2. The van der Waals surface area contributed by atoms with Gasteiger partial charge in [-0.15, -0.1) is 0 Å². The maximum atomic E-state index is 12.2. The number of aromatic nitrogens is 2. The first-order valence-electron chi connectivity index (χ1n) is 6.96. The molecule has 0 saturated carbocycles. The Bertz CT molecular complexity index is 614. The largest absolute Gasteiger partial charge is 0.387 e. The van der Waals surface area contributed by atoms with Crippen molar-refractivity contribution in [2.24, 2.45) is 0 Å². The minimum absolute atomic E-state index is 0.160. The Hall–Kier alpha value is -2.27. The van der Waals surface area contributed by atoms with E-state index in [0.29, 0.717) is 23.4 Å². The predicted molar refractivity (Wildman–Crippen MR) is 79.9 cm³/mol. The van der Waals surface area contributed by atoms with Crippen molar-refractivity contribution < 1.29 is 9.90 Å². The van der Waals surface area contributed by atoms with Crippen molar-refractivity contribution >= 4 is 5.91 Å². The Labute approximate surface area is 124 Å². The summed E-state index contributed by atoms with van der Waals surface area (Å²) in [7, 11) is 0. The van der Waals surface area contributed by atoms with Crippen LogP contribution in [0.1, 0.15) is 40.3 Å². The minimum atomic E-state index is -0.726. The van der Waals surface area contributed by atoms with Gasteiger partial charge in [0.05, 0.1) is 23.1 Å². The molecular weight excluding hydrogens is 266 g/mol. The predicted octanol–water partition coefficient (Wildman–Crippen LogP) is 1.81. The number of aliphatic hydroxyl groups excluding tert-OH is 1. The van der Waals surface area contributed by atoms with Crippen LogP contribution in [0.5, 0.6) is 0 Å². The number of nitrogens with zero attached hydrogens (tertiary/aromatic N) is 2. The van der Waals surface area contributed by atoms with E-state index in [1.165, 1.54) is 0 Å². The third-order valence-corrected chi connectivity index (χ3v) is 3.21. The highest BCUT2D eigenvalue weighted by Gasteiger charge is 2.14. The lowest BCUT2D eigenvalue weighted by Gasteiger charge is -2.13. The van der Waals surface area contributed by atoms with Crippen LogP contribution < -0.4 is 5.32 Å². The molecule has 2 rings (SSSR count). The van der Waals surface area contributed by atoms with Gasteiger partial charge in [-0.05, 0) is 25.0 Å². The fraction of sp³-hybridized carbons (Fsp3) is 0.312. The molecule has 2 aromatic rings. The first-order valence-corrected chi connectivity index (χ1v) is 6.96. The van der Waals surface area contributed by atoms with E-state index in [9.17, 15) is 9.90 Å². The van der Waals surface area contributed by atoms with Gasteiger partial charge in [0.1, 0.15) is 0 Å². The first-order chi connectivity index (χ1) is 10.1. The monoisotopic (exact) mass is 285 g/mol. The summed E-state index contributed by atoms with van der Waals surface area (Å²) in [6, 6.07) is 11.0. The molecule has 1 aromatic carbocycles. The topological polar surface area (TPSA) is 75.1 Å². The van der Waals surface area contributed by atoms with Gasteiger partial charge in [0.2, 0.25) is 0 Å². The van der Waals surface area contributed by atoms with Crippen LogP contribution in [0.4, 0.5) is 0 Å². The van der Waals surface area contributed by atoms with Gasteiger partial charge >= 0.3 is 0 Å². The Kier molecular flexibility index (Phi) is 5.00. The molecule has 5 nitrogen and oxygen atoms in total. The number of benzene rings is 1. The van der Waals surface area contributed by atoms with Crippen molar-refractivity contribution in [3.8, 4) is 0 Å². The van der Waals surface area contributed by atoms with Gasteiger partial charge in [-0.25, -0.2) is 0 Å². The molecule has 0 aliphatic rings. The number of rotatable bonds is 5. The summed E-state index contributed by atoms with van der Waals surface area (Å²) in [4.78, 5) is 12.2. The first kappa shape index (κ1) is 15.1. The van der Waals surface area contributed by atoms with Crippen molar-refractivity contribution in [2.45, 2.75) is 26.4 Å². The lowest BCUT2D eigenvalue weighted by molar-refractivity contribution is 0.0914. The molecule has 0 aliphatic carbocycles. The van der Waals surface area contributed by atoms with Gasteiger partial charge in [-0.2, -0.15) is 10.2 Å². The zero-order valence-electron chi connectivity index (χ0n) is 12.2. The van der Waals surface area contributed by atoms with Crippen LogP contribution in [0.25, 0.3) is 0 Å². The second-order valence-corrected chi connectivity index (χ2v) is 4.84. The molecular formula is C16H19N3O2. The van der Waals surface area contributed by atoms with Crippen LogP contribution >= 0.6 is 0 Å². The number of carbonyl (C=O) groups excluding carboxylic acids is 1. The van der Waals surface area contributed by atoms with Crippen LogP contribution in [0, 0.1) is 6.92 Å². The summed E-state index contributed by atoms with van der Waals surface area (Å²) in [6.07, 6.45) is -0.0896. The molecule has 0 radical (unpaired) electrons. The lowest BCUT2D eigenvalue weighted by atomic mass is 10.1. The molecule has 0 saturated heterocycles. The van der Waals surface area contributed by atoms with E-state index >= 15 is 0 Å². The second kappa shape index (κ2) is 6.95. The third-order valence-electron chi connectivity index (χ3n) is 3.21. The molecule has 5 heteroatoms. The smallest absolute Gasteiger partial charge is 0.253 e. The molecule has 110 valence electrons. The molecule has 0 spiro atoms. The summed E-state index contributed by atoms with van der Waals surface area (Å²) in [6.45, 7) is 3.88. The Balaban J connectivity index is 2.04. The van der Waals surface area contributed by atoms with Crippen LogP contribution in [-0.2, 0) is 6.42 Å². The number of aliphatic hydroxyl groups is 1. The number of hydrogen-bond donors (Lipinski definition) is 2.